The molecule has 0 aromatic heterocycles. The number of allylic oxidation sites excluding steroid dienone is 2. The number of hydrogen-bond donors (Lipinski definition) is 0. The summed E-state index contributed by atoms with van der Waals surface area (Å²) in [6.07, 6.45) is 19.8. The van der Waals surface area contributed by atoms with Crippen LogP contribution in [0.5, 0.6) is 0 Å². The second-order valence-electron chi connectivity index (χ2n) is 5.89. The minimum absolute atomic E-state index is 1.11. The zero-order chi connectivity index (χ0) is 15.8. The van der Waals surface area contributed by atoms with Crippen LogP contribution in [0.25, 0.3) is 0 Å². The maximum atomic E-state index is 6.39. The summed E-state index contributed by atoms with van der Waals surface area (Å²) in [5, 5.41) is 0. The van der Waals surface area contributed by atoms with Crippen LogP contribution in [0.15, 0.2) is 23.6 Å². The topological polar surface area (TPSA) is 0 Å². The highest BCUT2D eigenvalue weighted by Crippen LogP contribution is 2.20. The molecule has 0 saturated heterocycles. The van der Waals surface area contributed by atoms with Crippen molar-refractivity contribution < 1.29 is 0 Å². The lowest BCUT2D eigenvalue weighted by Gasteiger charge is -2.05. The Balaban J connectivity index is 3.65. The first-order valence-corrected chi connectivity index (χ1v) is 13.0. The zero-order valence-corrected chi connectivity index (χ0v) is 16.6. The number of hydrogen-bond acceptors (Lipinski definition) is 0. The van der Waals surface area contributed by atoms with E-state index in [4.69, 9.17) is 22.2 Å². The average Bonchev–Trinajstić information content (AvgIpc) is 2.45. The average molecular weight is 349 g/mol. The van der Waals surface area contributed by atoms with Gasteiger partial charge >= 0.3 is 0 Å². The van der Waals surface area contributed by atoms with Gasteiger partial charge < -0.3 is 0 Å². The van der Waals surface area contributed by atoms with Gasteiger partial charge in [-0.2, -0.15) is 0 Å². The molecule has 0 amide bonds. The van der Waals surface area contributed by atoms with Crippen LogP contribution in [-0.4, -0.2) is 6.69 Å². The van der Waals surface area contributed by atoms with Gasteiger partial charge in [-0.3, -0.25) is 0 Å². The molecule has 0 rings (SSSR count). The Bertz CT molecular complexity index is 246. The molecular formula is C18H34Cl2Si. The molecular weight excluding hydrogens is 315 g/mol. The van der Waals surface area contributed by atoms with E-state index in [1.807, 2.05) is 0 Å². The Hall–Kier alpha value is 0.277. The first kappa shape index (κ1) is 21.3. The van der Waals surface area contributed by atoms with E-state index in [1.54, 1.807) is 0 Å². The predicted molar refractivity (Wildman–Crippen MR) is 102 cm³/mol. The summed E-state index contributed by atoms with van der Waals surface area (Å²) in [5.41, 5.74) is 4.12. The van der Waals surface area contributed by atoms with Gasteiger partial charge in [0.05, 0.1) is 0 Å². The van der Waals surface area contributed by atoms with Gasteiger partial charge in [0.1, 0.15) is 0 Å². The molecule has 0 aromatic carbocycles. The first-order chi connectivity index (χ1) is 10.1. The Morgan fingerprint density at radius 2 is 1.00 bits per heavy atom. The molecule has 0 saturated carbocycles. The molecule has 21 heavy (non-hydrogen) atoms. The van der Waals surface area contributed by atoms with Crippen LogP contribution >= 0.6 is 22.2 Å². The van der Waals surface area contributed by atoms with Gasteiger partial charge in [0.15, 0.2) is 0 Å². The molecule has 0 unspecified atom stereocenters. The van der Waals surface area contributed by atoms with Crippen molar-refractivity contribution >= 4 is 28.9 Å². The monoisotopic (exact) mass is 348 g/mol. The first-order valence-electron chi connectivity index (χ1n) is 8.85. The number of rotatable bonds is 14. The van der Waals surface area contributed by atoms with Crippen LogP contribution in [0.3, 0.4) is 0 Å². The molecule has 0 aliphatic carbocycles. The molecule has 0 fully saturated rings. The highest BCUT2D eigenvalue weighted by Gasteiger charge is 2.19. The maximum absolute atomic E-state index is 6.39. The second-order valence-corrected chi connectivity index (χ2v) is 12.2. The lowest BCUT2D eigenvalue weighted by molar-refractivity contribution is 0.637. The van der Waals surface area contributed by atoms with E-state index in [-0.39, 0.29) is 0 Å². The van der Waals surface area contributed by atoms with Gasteiger partial charge in [-0.25, -0.2) is 0 Å². The number of halogens is 2. The van der Waals surface area contributed by atoms with Gasteiger partial charge in [-0.1, -0.05) is 88.8 Å². The van der Waals surface area contributed by atoms with E-state index >= 15 is 0 Å². The van der Waals surface area contributed by atoms with Crippen LogP contribution < -0.4 is 0 Å². The lowest BCUT2D eigenvalue weighted by Crippen LogP contribution is -2.11. The summed E-state index contributed by atoms with van der Waals surface area (Å²) in [6.45, 7) is 2.22. The summed E-state index contributed by atoms with van der Waals surface area (Å²) in [4.78, 5) is 0. The van der Waals surface area contributed by atoms with Gasteiger partial charge in [-0.05, 0) is 25.7 Å². The Kier molecular flexibility index (Phi) is 15.4. The zero-order valence-electron chi connectivity index (χ0n) is 14.1. The molecule has 0 heterocycles. The molecule has 0 N–H and O–H groups in total. The highest BCUT2D eigenvalue weighted by atomic mass is 35.7. The van der Waals surface area contributed by atoms with Crippen molar-refractivity contribution in [3.05, 3.63) is 23.6 Å². The third kappa shape index (κ3) is 16.5. The summed E-state index contributed by atoms with van der Waals surface area (Å²) >= 11 is 12.8. The molecule has 0 nitrogen and oxygen atoms in total. The molecule has 0 aliphatic heterocycles. The standard InChI is InChI=1S/C18H34Cl2Si/c1-3-5-7-9-11-13-15-17-21(19,20)18-16-14-12-10-8-6-4-2/h15-18H,3-14H2,1-2H3. The Morgan fingerprint density at radius 1 is 0.619 bits per heavy atom. The van der Waals surface area contributed by atoms with Crippen LogP contribution in [0, 0.1) is 0 Å². The predicted octanol–water partition coefficient (Wildman–Crippen LogP) is 7.82. The fourth-order valence-electron chi connectivity index (χ4n) is 2.27. The van der Waals surface area contributed by atoms with Crippen molar-refractivity contribution in [2.75, 3.05) is 0 Å². The molecule has 0 atom stereocenters. The van der Waals surface area contributed by atoms with Crippen molar-refractivity contribution in [2.24, 2.45) is 0 Å². The van der Waals surface area contributed by atoms with E-state index in [9.17, 15) is 0 Å². The minimum atomic E-state index is -2.27. The van der Waals surface area contributed by atoms with E-state index in [1.165, 1.54) is 64.2 Å². The van der Waals surface area contributed by atoms with Crippen LogP contribution in [-0.2, 0) is 0 Å². The molecule has 0 aromatic rings. The van der Waals surface area contributed by atoms with Crippen LogP contribution in [0.2, 0.25) is 0 Å². The SMILES string of the molecule is CCCCCCCC=C[Si](Cl)(Cl)C=CCCCCCCC. The quantitative estimate of drug-likeness (QED) is 0.170. The smallest absolute Gasteiger partial charge is 0.135 e. The van der Waals surface area contributed by atoms with Gasteiger partial charge in [0, 0.05) is 0 Å². The normalized spacial score (nSPS) is 12.8. The summed E-state index contributed by atoms with van der Waals surface area (Å²) in [6, 6.07) is 0. The van der Waals surface area contributed by atoms with E-state index in [0.29, 0.717) is 0 Å². The molecule has 0 aliphatic rings. The van der Waals surface area contributed by atoms with Crippen molar-refractivity contribution in [3.63, 3.8) is 0 Å². The Morgan fingerprint density at radius 3 is 1.38 bits per heavy atom. The largest absolute Gasteiger partial charge is 0.295 e. The maximum Gasteiger partial charge on any atom is 0.295 e. The summed E-state index contributed by atoms with van der Waals surface area (Å²) in [5.74, 6) is 0. The molecule has 124 valence electrons. The molecule has 0 radical (unpaired) electrons. The van der Waals surface area contributed by atoms with E-state index < -0.39 is 6.69 Å². The molecule has 3 heteroatoms. The third-order valence-electron chi connectivity index (χ3n) is 3.63. The summed E-state index contributed by atoms with van der Waals surface area (Å²) in [7, 11) is 0. The minimum Gasteiger partial charge on any atom is -0.135 e. The van der Waals surface area contributed by atoms with Crippen molar-refractivity contribution in [2.45, 2.75) is 90.9 Å². The van der Waals surface area contributed by atoms with Crippen LogP contribution in [0.4, 0.5) is 0 Å². The summed E-state index contributed by atoms with van der Waals surface area (Å²) < 4.78 is 0. The molecule has 0 bridgehead atoms. The Labute approximate surface area is 143 Å². The van der Waals surface area contributed by atoms with E-state index in [2.05, 4.69) is 37.4 Å². The van der Waals surface area contributed by atoms with Crippen LogP contribution in [0.1, 0.15) is 90.9 Å². The third-order valence-corrected chi connectivity index (χ3v) is 6.50. The fraction of sp³-hybridized carbons (Fsp3) is 0.778. The second kappa shape index (κ2) is 15.2. The van der Waals surface area contributed by atoms with Crippen molar-refractivity contribution in [1.29, 1.82) is 0 Å². The molecule has 0 spiro atoms. The van der Waals surface area contributed by atoms with Gasteiger partial charge in [0.2, 0.25) is 0 Å². The van der Waals surface area contributed by atoms with Gasteiger partial charge in [-0.15, -0.1) is 22.2 Å². The fourth-order valence-corrected chi connectivity index (χ4v) is 4.41. The van der Waals surface area contributed by atoms with Crippen molar-refractivity contribution in [3.8, 4) is 0 Å². The van der Waals surface area contributed by atoms with Gasteiger partial charge in [0.25, 0.3) is 6.69 Å². The van der Waals surface area contributed by atoms with Crippen molar-refractivity contribution in [1.82, 2.24) is 0 Å². The highest BCUT2D eigenvalue weighted by molar-refractivity contribution is 7.49. The van der Waals surface area contributed by atoms with E-state index in [0.717, 1.165) is 12.8 Å². The number of unbranched alkanes of at least 4 members (excludes halogenated alkanes) is 10. The lowest BCUT2D eigenvalue weighted by atomic mass is 10.1.